The van der Waals surface area contributed by atoms with E-state index in [2.05, 4.69) is 37.3 Å². The molecule has 1 nitrogen and oxygen atoms in total. The molecule has 19 heavy (non-hydrogen) atoms. The Morgan fingerprint density at radius 1 is 1.05 bits per heavy atom. The second kappa shape index (κ2) is 7.69. The van der Waals surface area contributed by atoms with Crippen molar-refractivity contribution in [3.05, 3.63) is 35.9 Å². The van der Waals surface area contributed by atoms with E-state index in [9.17, 15) is 0 Å². The third-order valence-corrected chi connectivity index (χ3v) is 4.58. The molecule has 1 aromatic carbocycles. The lowest BCUT2D eigenvalue weighted by molar-refractivity contribution is 0.390. The van der Waals surface area contributed by atoms with Crippen molar-refractivity contribution in [3.8, 4) is 0 Å². The van der Waals surface area contributed by atoms with E-state index in [1.807, 2.05) is 0 Å². The Balaban J connectivity index is 1.65. The maximum absolute atomic E-state index is 6.21. The minimum Gasteiger partial charge on any atom is -0.328 e. The van der Waals surface area contributed by atoms with Crippen LogP contribution < -0.4 is 5.73 Å². The third kappa shape index (κ3) is 5.36. The monoisotopic (exact) mass is 259 g/mol. The second-order valence-electron chi connectivity index (χ2n) is 6.51. The molecule has 0 heterocycles. The van der Waals surface area contributed by atoms with Gasteiger partial charge in [0.25, 0.3) is 0 Å². The molecule has 0 radical (unpaired) electrons. The van der Waals surface area contributed by atoms with Gasteiger partial charge in [-0.15, -0.1) is 0 Å². The van der Waals surface area contributed by atoms with E-state index in [-0.39, 0.29) is 0 Å². The SMILES string of the molecule is C[C@H]1CC[C@@H](CCCCc2ccccc2)C[C@@H](N)C1. The van der Waals surface area contributed by atoms with Gasteiger partial charge in [0.05, 0.1) is 0 Å². The van der Waals surface area contributed by atoms with E-state index < -0.39 is 0 Å². The average molecular weight is 259 g/mol. The molecule has 1 aliphatic rings. The Kier molecular flexibility index (Phi) is 5.91. The van der Waals surface area contributed by atoms with Crippen LogP contribution in [0.15, 0.2) is 30.3 Å². The summed E-state index contributed by atoms with van der Waals surface area (Å²) in [5, 5.41) is 0. The molecule has 1 aliphatic carbocycles. The number of rotatable bonds is 5. The van der Waals surface area contributed by atoms with E-state index in [4.69, 9.17) is 5.73 Å². The van der Waals surface area contributed by atoms with Crippen LogP contribution in [0.1, 0.15) is 57.4 Å². The molecule has 3 atom stereocenters. The fourth-order valence-electron chi connectivity index (χ4n) is 3.47. The fraction of sp³-hybridized carbons (Fsp3) is 0.667. The Morgan fingerprint density at radius 3 is 2.63 bits per heavy atom. The lowest BCUT2D eigenvalue weighted by Gasteiger charge is -2.16. The second-order valence-corrected chi connectivity index (χ2v) is 6.51. The topological polar surface area (TPSA) is 26.0 Å². The summed E-state index contributed by atoms with van der Waals surface area (Å²) in [7, 11) is 0. The van der Waals surface area contributed by atoms with Gasteiger partial charge in [-0.25, -0.2) is 0 Å². The fourth-order valence-corrected chi connectivity index (χ4v) is 3.47. The van der Waals surface area contributed by atoms with Gasteiger partial charge in [-0.1, -0.05) is 62.9 Å². The largest absolute Gasteiger partial charge is 0.328 e. The highest BCUT2D eigenvalue weighted by molar-refractivity contribution is 5.14. The minimum atomic E-state index is 0.455. The predicted octanol–water partition coefficient (Wildman–Crippen LogP) is 4.55. The van der Waals surface area contributed by atoms with Crippen molar-refractivity contribution in [3.63, 3.8) is 0 Å². The number of aryl methyl sites for hydroxylation is 1. The summed E-state index contributed by atoms with van der Waals surface area (Å²) in [5.41, 5.74) is 7.69. The summed E-state index contributed by atoms with van der Waals surface area (Å²) in [6.07, 6.45) is 10.6. The van der Waals surface area contributed by atoms with Crippen LogP contribution in [0.25, 0.3) is 0 Å². The standard InChI is InChI=1S/C18H29N/c1-15-11-12-17(14-18(19)13-15)10-6-5-9-16-7-3-2-4-8-16/h2-4,7-8,15,17-18H,5-6,9-14,19H2,1H3/t15-,17+,18-/m0/s1. The molecular weight excluding hydrogens is 230 g/mol. The van der Waals surface area contributed by atoms with Gasteiger partial charge < -0.3 is 5.73 Å². The molecule has 0 amide bonds. The van der Waals surface area contributed by atoms with E-state index in [1.54, 1.807) is 0 Å². The summed E-state index contributed by atoms with van der Waals surface area (Å²) in [6, 6.07) is 11.3. The molecule has 0 bridgehead atoms. The minimum absolute atomic E-state index is 0.455. The maximum Gasteiger partial charge on any atom is 0.00440 e. The Bertz CT molecular complexity index is 346. The number of hydrogen-bond donors (Lipinski definition) is 1. The van der Waals surface area contributed by atoms with Crippen molar-refractivity contribution >= 4 is 0 Å². The third-order valence-electron chi connectivity index (χ3n) is 4.58. The zero-order chi connectivity index (χ0) is 13.5. The summed E-state index contributed by atoms with van der Waals surface area (Å²) in [4.78, 5) is 0. The zero-order valence-corrected chi connectivity index (χ0v) is 12.4. The van der Waals surface area contributed by atoms with Crippen LogP contribution in [0.3, 0.4) is 0 Å². The molecule has 1 fully saturated rings. The molecule has 0 aliphatic heterocycles. The molecule has 1 saturated carbocycles. The Morgan fingerprint density at radius 2 is 1.84 bits per heavy atom. The molecule has 1 aromatic rings. The summed E-state index contributed by atoms with van der Waals surface area (Å²) >= 11 is 0. The summed E-state index contributed by atoms with van der Waals surface area (Å²) in [5.74, 6) is 1.72. The highest BCUT2D eigenvalue weighted by Gasteiger charge is 2.20. The van der Waals surface area contributed by atoms with Crippen molar-refractivity contribution in [2.45, 2.75) is 64.3 Å². The number of hydrogen-bond acceptors (Lipinski definition) is 1. The molecular formula is C18H29N. The van der Waals surface area contributed by atoms with Gasteiger partial charge in [0.1, 0.15) is 0 Å². The highest BCUT2D eigenvalue weighted by Crippen LogP contribution is 2.29. The maximum atomic E-state index is 6.21. The van der Waals surface area contributed by atoms with E-state index in [0.717, 1.165) is 11.8 Å². The van der Waals surface area contributed by atoms with Gasteiger partial charge in [-0.3, -0.25) is 0 Å². The molecule has 0 spiro atoms. The number of nitrogens with two attached hydrogens (primary N) is 1. The van der Waals surface area contributed by atoms with Crippen LogP contribution in [-0.2, 0) is 6.42 Å². The summed E-state index contributed by atoms with van der Waals surface area (Å²) < 4.78 is 0. The lowest BCUT2D eigenvalue weighted by Crippen LogP contribution is -2.23. The van der Waals surface area contributed by atoms with Crippen molar-refractivity contribution in [2.75, 3.05) is 0 Å². The number of unbranched alkanes of at least 4 members (excludes halogenated alkanes) is 1. The summed E-state index contributed by atoms with van der Waals surface area (Å²) in [6.45, 7) is 2.36. The van der Waals surface area contributed by atoms with Gasteiger partial charge in [0, 0.05) is 6.04 Å². The Labute approximate surface area is 118 Å². The molecule has 1 heteroatoms. The molecule has 0 aromatic heterocycles. The van der Waals surface area contributed by atoms with Crippen LogP contribution in [0.4, 0.5) is 0 Å². The van der Waals surface area contributed by atoms with Crippen LogP contribution >= 0.6 is 0 Å². The van der Waals surface area contributed by atoms with Crippen LogP contribution in [0.5, 0.6) is 0 Å². The van der Waals surface area contributed by atoms with Gasteiger partial charge in [0.15, 0.2) is 0 Å². The molecule has 106 valence electrons. The van der Waals surface area contributed by atoms with E-state index in [0.29, 0.717) is 6.04 Å². The number of benzene rings is 1. The van der Waals surface area contributed by atoms with Crippen molar-refractivity contribution < 1.29 is 0 Å². The lowest BCUT2D eigenvalue weighted by atomic mass is 9.92. The van der Waals surface area contributed by atoms with Gasteiger partial charge in [0.2, 0.25) is 0 Å². The first-order chi connectivity index (χ1) is 9.24. The first kappa shape index (κ1) is 14.6. The molecule has 0 unspecified atom stereocenters. The van der Waals surface area contributed by atoms with E-state index >= 15 is 0 Å². The van der Waals surface area contributed by atoms with Crippen LogP contribution in [-0.4, -0.2) is 6.04 Å². The normalized spacial score (nSPS) is 28.0. The van der Waals surface area contributed by atoms with E-state index in [1.165, 1.54) is 56.9 Å². The highest BCUT2D eigenvalue weighted by atomic mass is 14.6. The Hall–Kier alpha value is -0.820. The first-order valence-corrected chi connectivity index (χ1v) is 8.03. The molecule has 0 saturated heterocycles. The van der Waals surface area contributed by atoms with Crippen molar-refractivity contribution in [2.24, 2.45) is 17.6 Å². The van der Waals surface area contributed by atoms with Gasteiger partial charge in [-0.05, 0) is 43.1 Å². The molecule has 2 rings (SSSR count). The quantitative estimate of drug-likeness (QED) is 0.609. The first-order valence-electron chi connectivity index (χ1n) is 8.03. The van der Waals surface area contributed by atoms with Gasteiger partial charge >= 0.3 is 0 Å². The smallest absolute Gasteiger partial charge is 0.00440 e. The zero-order valence-electron chi connectivity index (χ0n) is 12.4. The van der Waals surface area contributed by atoms with Crippen molar-refractivity contribution in [1.29, 1.82) is 0 Å². The van der Waals surface area contributed by atoms with Crippen molar-refractivity contribution in [1.82, 2.24) is 0 Å². The molecule has 2 N–H and O–H groups in total. The van der Waals surface area contributed by atoms with Gasteiger partial charge in [-0.2, -0.15) is 0 Å². The van der Waals surface area contributed by atoms with Crippen LogP contribution in [0, 0.1) is 11.8 Å². The van der Waals surface area contributed by atoms with Crippen LogP contribution in [0.2, 0.25) is 0 Å². The predicted molar refractivity (Wildman–Crippen MR) is 83.1 cm³/mol. The average Bonchev–Trinajstić information content (AvgIpc) is 2.57.